The summed E-state index contributed by atoms with van der Waals surface area (Å²) in [6, 6.07) is 21.4. The van der Waals surface area contributed by atoms with Crippen molar-refractivity contribution in [3.63, 3.8) is 0 Å². The highest BCUT2D eigenvalue weighted by Gasteiger charge is 2.56. The lowest BCUT2D eigenvalue weighted by atomic mass is 9.66. The predicted octanol–water partition coefficient (Wildman–Crippen LogP) is 4.19. The van der Waals surface area contributed by atoms with Crippen LogP contribution in [-0.4, -0.2) is 61.8 Å². The lowest BCUT2D eigenvalue weighted by Crippen LogP contribution is -2.64. The van der Waals surface area contributed by atoms with Crippen LogP contribution >= 0.6 is 0 Å². The normalized spacial score (nSPS) is 26.2. The molecule has 3 fully saturated rings. The molecule has 0 bridgehead atoms. The van der Waals surface area contributed by atoms with Gasteiger partial charge in [0, 0.05) is 42.7 Å². The molecule has 8 nitrogen and oxygen atoms in total. The van der Waals surface area contributed by atoms with Gasteiger partial charge in [-0.25, -0.2) is 9.78 Å². The zero-order valence-electron chi connectivity index (χ0n) is 23.0. The van der Waals surface area contributed by atoms with Gasteiger partial charge in [0.25, 0.3) is 5.56 Å². The third-order valence-corrected chi connectivity index (χ3v) is 9.56. The van der Waals surface area contributed by atoms with Crippen LogP contribution < -0.4 is 11.3 Å². The van der Waals surface area contributed by atoms with Crippen LogP contribution in [0.2, 0.25) is 0 Å². The molecule has 3 aromatic rings. The van der Waals surface area contributed by atoms with Gasteiger partial charge in [0.2, 0.25) is 0 Å². The van der Waals surface area contributed by atoms with E-state index < -0.39 is 11.0 Å². The molecule has 2 aromatic carbocycles. The number of carbonyl (C=O) groups is 1. The molecule has 1 aliphatic carbocycles. The van der Waals surface area contributed by atoms with E-state index in [9.17, 15) is 14.7 Å². The van der Waals surface area contributed by atoms with E-state index in [4.69, 9.17) is 5.73 Å². The number of nitrogens with zero attached hydrogens (tertiary/aromatic N) is 4. The van der Waals surface area contributed by atoms with Gasteiger partial charge < -0.3 is 20.6 Å². The first-order valence-electron chi connectivity index (χ1n) is 14.6. The first kappa shape index (κ1) is 26.7. The van der Waals surface area contributed by atoms with Crippen molar-refractivity contribution in [3.8, 4) is 11.3 Å². The number of urea groups is 1. The van der Waals surface area contributed by atoms with E-state index in [0.717, 1.165) is 49.7 Å². The van der Waals surface area contributed by atoms with E-state index in [-0.39, 0.29) is 30.2 Å². The molecule has 1 saturated carbocycles. The first-order valence-corrected chi connectivity index (χ1v) is 14.6. The minimum Gasteiger partial charge on any atom is -0.387 e. The Morgan fingerprint density at radius 2 is 1.70 bits per heavy atom. The second-order valence-electron chi connectivity index (χ2n) is 12.0. The Morgan fingerprint density at radius 3 is 2.40 bits per heavy atom. The van der Waals surface area contributed by atoms with Crippen LogP contribution in [0.25, 0.3) is 11.3 Å². The molecule has 8 heteroatoms. The minimum absolute atomic E-state index is 0.0279. The second-order valence-corrected chi connectivity index (χ2v) is 12.0. The van der Waals surface area contributed by atoms with Crippen molar-refractivity contribution in [2.45, 2.75) is 69.2 Å². The number of benzene rings is 2. The summed E-state index contributed by atoms with van der Waals surface area (Å²) in [7, 11) is 0. The maximum atomic E-state index is 14.0. The average Bonchev–Trinajstić information content (AvgIpc) is 3.46. The average molecular weight is 542 g/mol. The maximum absolute atomic E-state index is 14.0. The molecule has 3 aliphatic rings. The zero-order valence-corrected chi connectivity index (χ0v) is 23.0. The van der Waals surface area contributed by atoms with E-state index in [1.807, 2.05) is 58.3 Å². The third-order valence-electron chi connectivity index (χ3n) is 9.56. The molecule has 1 unspecified atom stereocenters. The number of likely N-dealkylation sites (tertiary alicyclic amines) is 2. The van der Waals surface area contributed by atoms with E-state index in [0.29, 0.717) is 31.7 Å². The Balaban J connectivity index is 1.23. The van der Waals surface area contributed by atoms with Crippen molar-refractivity contribution < 1.29 is 9.90 Å². The molecule has 1 aromatic heterocycles. The number of hydrogen-bond acceptors (Lipinski definition) is 5. The fourth-order valence-corrected chi connectivity index (χ4v) is 7.25. The summed E-state index contributed by atoms with van der Waals surface area (Å²) in [5, 5.41) is 12.2. The first-order chi connectivity index (χ1) is 19.4. The molecular formula is C32H39N5O3. The summed E-state index contributed by atoms with van der Waals surface area (Å²) in [4.78, 5) is 35.7. The van der Waals surface area contributed by atoms with Crippen molar-refractivity contribution in [1.82, 2.24) is 19.4 Å². The molecule has 1 spiro atoms. The molecule has 3 N–H and O–H groups in total. The van der Waals surface area contributed by atoms with Crippen LogP contribution in [0.4, 0.5) is 4.79 Å². The van der Waals surface area contributed by atoms with E-state index in [2.05, 4.69) is 17.1 Å². The summed E-state index contributed by atoms with van der Waals surface area (Å²) in [6.45, 7) is 1.76. The summed E-state index contributed by atoms with van der Waals surface area (Å²) in [6.07, 6.45) is 7.21. The van der Waals surface area contributed by atoms with Crippen LogP contribution in [0.5, 0.6) is 0 Å². The molecule has 3 heterocycles. The van der Waals surface area contributed by atoms with Crippen LogP contribution in [0.3, 0.4) is 0 Å². The van der Waals surface area contributed by atoms with Crippen LogP contribution in [0.1, 0.15) is 56.6 Å². The van der Waals surface area contributed by atoms with E-state index in [1.54, 1.807) is 17.0 Å². The van der Waals surface area contributed by atoms with Gasteiger partial charge in [-0.05, 0) is 37.7 Å². The van der Waals surface area contributed by atoms with Gasteiger partial charge in [0.1, 0.15) is 0 Å². The highest BCUT2D eigenvalue weighted by molar-refractivity contribution is 5.75. The van der Waals surface area contributed by atoms with Gasteiger partial charge in [-0.15, -0.1) is 0 Å². The topological polar surface area (TPSA) is 105 Å². The van der Waals surface area contributed by atoms with Crippen molar-refractivity contribution in [3.05, 3.63) is 89.0 Å². The largest absolute Gasteiger partial charge is 0.387 e. The molecule has 40 heavy (non-hydrogen) atoms. The molecule has 6 rings (SSSR count). The van der Waals surface area contributed by atoms with Crippen molar-refractivity contribution in [1.29, 1.82) is 0 Å². The quantitative estimate of drug-likeness (QED) is 0.515. The van der Waals surface area contributed by atoms with Crippen LogP contribution in [-0.2, 0) is 6.54 Å². The number of nitrogens with two attached hydrogens (primary N) is 1. The summed E-state index contributed by atoms with van der Waals surface area (Å²) in [5.74, 6) is 0. The second kappa shape index (κ2) is 10.8. The van der Waals surface area contributed by atoms with Crippen molar-refractivity contribution in [2.24, 2.45) is 11.1 Å². The predicted molar refractivity (Wildman–Crippen MR) is 154 cm³/mol. The van der Waals surface area contributed by atoms with Crippen molar-refractivity contribution in [2.75, 3.05) is 19.6 Å². The monoisotopic (exact) mass is 541 g/mol. The molecule has 2 aliphatic heterocycles. The number of aromatic nitrogens is 2. The lowest BCUT2D eigenvalue weighted by molar-refractivity contribution is -0.137. The number of amides is 2. The lowest BCUT2D eigenvalue weighted by Gasteiger charge is -2.53. The van der Waals surface area contributed by atoms with Gasteiger partial charge in [0.15, 0.2) is 0 Å². The molecule has 2 saturated heterocycles. The Morgan fingerprint density at radius 1 is 1.00 bits per heavy atom. The van der Waals surface area contributed by atoms with Crippen LogP contribution in [0, 0.1) is 5.41 Å². The highest BCUT2D eigenvalue weighted by atomic mass is 16.3. The number of hydrogen-bond donors (Lipinski definition) is 2. The fourth-order valence-electron chi connectivity index (χ4n) is 7.25. The number of piperidine rings is 2. The maximum Gasteiger partial charge on any atom is 0.320 e. The zero-order chi connectivity index (χ0) is 27.7. The minimum atomic E-state index is -1.09. The standard InChI is InChI=1S/C32H39N5O3/c33-26-13-17-37(28(19-26)25-11-5-2-6-12-25)30(39)35-18-16-32(40,31(21-35)14-7-8-15-31)22-36-23-34-27(20-29(36)38)24-9-3-1-4-10-24/h1-6,9-12,20,23,26,28,40H,7-8,13-19,21-22,33H2/t26-,28+,32?/m1/s1. The van der Waals surface area contributed by atoms with Gasteiger partial charge >= 0.3 is 6.03 Å². The number of aliphatic hydroxyl groups is 1. The smallest absolute Gasteiger partial charge is 0.320 e. The van der Waals surface area contributed by atoms with E-state index >= 15 is 0 Å². The Hall–Kier alpha value is -3.49. The van der Waals surface area contributed by atoms with Gasteiger partial charge in [-0.3, -0.25) is 9.36 Å². The Bertz CT molecular complexity index is 1390. The van der Waals surface area contributed by atoms with Gasteiger partial charge in [-0.2, -0.15) is 0 Å². The highest BCUT2D eigenvalue weighted by Crippen LogP contribution is 2.52. The third kappa shape index (κ3) is 4.95. The molecule has 3 atom stereocenters. The van der Waals surface area contributed by atoms with Crippen LogP contribution in [0.15, 0.2) is 77.9 Å². The molecule has 0 radical (unpaired) electrons. The Labute approximate surface area is 235 Å². The van der Waals surface area contributed by atoms with Gasteiger partial charge in [0.05, 0.1) is 30.2 Å². The fraction of sp³-hybridized carbons (Fsp3) is 0.469. The molecule has 210 valence electrons. The molecular weight excluding hydrogens is 502 g/mol. The SMILES string of the molecule is N[C@@H]1CCN(C(=O)N2CCC(O)(Cn3cnc(-c4ccccc4)cc3=O)C3(CCCC3)C2)[C@H](c2ccccc2)C1. The van der Waals surface area contributed by atoms with Crippen molar-refractivity contribution >= 4 is 6.03 Å². The number of carbonyl (C=O) groups excluding carboxylic acids is 1. The Kier molecular flexibility index (Phi) is 7.23. The summed E-state index contributed by atoms with van der Waals surface area (Å²) >= 11 is 0. The van der Waals surface area contributed by atoms with Gasteiger partial charge in [-0.1, -0.05) is 73.5 Å². The number of rotatable bonds is 4. The summed E-state index contributed by atoms with van der Waals surface area (Å²) < 4.78 is 1.54. The summed E-state index contributed by atoms with van der Waals surface area (Å²) in [5.41, 5.74) is 7.24. The molecule has 2 amide bonds. The van der Waals surface area contributed by atoms with E-state index in [1.165, 1.54) is 0 Å².